The van der Waals surface area contributed by atoms with Crippen molar-refractivity contribution in [3.05, 3.63) is 58.9 Å². The van der Waals surface area contributed by atoms with E-state index in [-0.39, 0.29) is 5.41 Å². The third-order valence-corrected chi connectivity index (χ3v) is 4.73. The molecule has 1 aromatic heterocycles. The van der Waals surface area contributed by atoms with Gasteiger partial charge in [0.15, 0.2) is 0 Å². The molecule has 1 saturated carbocycles. The summed E-state index contributed by atoms with van der Waals surface area (Å²) in [6.45, 7) is 6.65. The molecule has 0 amide bonds. The molecular formula is C20H26N2O2. The summed E-state index contributed by atoms with van der Waals surface area (Å²) in [5, 5.41) is 12.8. The lowest BCUT2D eigenvalue weighted by molar-refractivity contribution is 0.207. The molecule has 1 aromatic carbocycles. The van der Waals surface area contributed by atoms with Gasteiger partial charge >= 0.3 is 0 Å². The van der Waals surface area contributed by atoms with Crippen molar-refractivity contribution in [1.82, 2.24) is 10.3 Å². The van der Waals surface area contributed by atoms with Gasteiger partial charge < -0.3 is 15.2 Å². The Hall–Kier alpha value is -1.91. The van der Waals surface area contributed by atoms with Gasteiger partial charge in [-0.1, -0.05) is 18.2 Å². The predicted molar refractivity (Wildman–Crippen MR) is 94.9 cm³/mol. The maximum absolute atomic E-state index is 9.37. The molecule has 0 saturated heterocycles. The molecule has 0 unspecified atom stereocenters. The first-order valence-corrected chi connectivity index (χ1v) is 8.56. The third-order valence-electron chi connectivity index (χ3n) is 4.73. The van der Waals surface area contributed by atoms with Crippen LogP contribution in [-0.2, 0) is 13.2 Å². The van der Waals surface area contributed by atoms with Gasteiger partial charge in [-0.25, -0.2) is 0 Å². The highest BCUT2D eigenvalue weighted by Crippen LogP contribution is 2.44. The average molecular weight is 326 g/mol. The van der Waals surface area contributed by atoms with Gasteiger partial charge in [-0.15, -0.1) is 0 Å². The van der Waals surface area contributed by atoms with Crippen molar-refractivity contribution in [3.63, 3.8) is 0 Å². The molecule has 0 radical (unpaired) electrons. The van der Waals surface area contributed by atoms with Crippen LogP contribution in [0.5, 0.6) is 5.75 Å². The second-order valence-electron chi connectivity index (χ2n) is 6.93. The van der Waals surface area contributed by atoms with Crippen molar-refractivity contribution in [1.29, 1.82) is 0 Å². The van der Waals surface area contributed by atoms with Gasteiger partial charge in [0, 0.05) is 31.3 Å². The molecule has 3 rings (SSSR count). The van der Waals surface area contributed by atoms with E-state index in [4.69, 9.17) is 4.74 Å². The molecule has 0 bridgehead atoms. The Labute approximate surface area is 143 Å². The summed E-state index contributed by atoms with van der Waals surface area (Å²) in [5.74, 6) is 0.943. The molecule has 1 heterocycles. The first-order valence-electron chi connectivity index (χ1n) is 8.56. The molecule has 1 fully saturated rings. The summed E-state index contributed by atoms with van der Waals surface area (Å²) < 4.78 is 5.98. The summed E-state index contributed by atoms with van der Waals surface area (Å²) in [4.78, 5) is 4.29. The normalized spacial score (nSPS) is 15.3. The van der Waals surface area contributed by atoms with E-state index < -0.39 is 0 Å². The topological polar surface area (TPSA) is 54.4 Å². The number of nitrogens with one attached hydrogen (secondary N) is 1. The number of pyridine rings is 1. The Morgan fingerprint density at radius 3 is 2.54 bits per heavy atom. The smallest absolute Gasteiger partial charge is 0.130 e. The zero-order valence-electron chi connectivity index (χ0n) is 14.5. The molecule has 0 aliphatic heterocycles. The minimum atomic E-state index is 0.149. The van der Waals surface area contributed by atoms with Gasteiger partial charge in [0.2, 0.25) is 0 Å². The molecule has 4 heteroatoms. The summed E-state index contributed by atoms with van der Waals surface area (Å²) in [6.07, 6.45) is 4.05. The van der Waals surface area contributed by atoms with E-state index in [1.807, 2.05) is 18.2 Å². The zero-order chi connectivity index (χ0) is 17.0. The fourth-order valence-electron chi connectivity index (χ4n) is 3.04. The Morgan fingerprint density at radius 2 is 1.96 bits per heavy atom. The van der Waals surface area contributed by atoms with E-state index in [2.05, 4.69) is 36.3 Å². The van der Waals surface area contributed by atoms with Crippen LogP contribution >= 0.6 is 0 Å². The van der Waals surface area contributed by atoms with E-state index in [0.717, 1.165) is 48.5 Å². The second kappa shape index (κ2) is 7.32. The highest BCUT2D eigenvalue weighted by Gasteiger charge is 2.41. The van der Waals surface area contributed by atoms with Crippen molar-refractivity contribution in [2.45, 2.75) is 39.8 Å². The number of aryl methyl sites for hydroxylation is 2. The van der Waals surface area contributed by atoms with Crippen molar-refractivity contribution < 1.29 is 9.84 Å². The minimum Gasteiger partial charge on any atom is -0.487 e. The molecule has 4 nitrogen and oxygen atoms in total. The van der Waals surface area contributed by atoms with Crippen LogP contribution in [0.2, 0.25) is 0 Å². The van der Waals surface area contributed by atoms with E-state index in [9.17, 15) is 5.11 Å². The van der Waals surface area contributed by atoms with Crippen molar-refractivity contribution in [2.75, 3.05) is 13.2 Å². The van der Waals surface area contributed by atoms with E-state index in [1.54, 1.807) is 6.20 Å². The number of rotatable bonds is 8. The molecule has 1 aliphatic carbocycles. The Balaban J connectivity index is 1.58. The summed E-state index contributed by atoms with van der Waals surface area (Å²) >= 11 is 0. The van der Waals surface area contributed by atoms with Gasteiger partial charge in [0.1, 0.15) is 12.4 Å². The number of nitrogens with zero attached hydrogens (tertiary/aromatic N) is 1. The highest BCUT2D eigenvalue weighted by molar-refractivity contribution is 5.43. The number of ether oxygens (including phenoxy) is 1. The van der Waals surface area contributed by atoms with Crippen molar-refractivity contribution in [2.24, 2.45) is 5.41 Å². The largest absolute Gasteiger partial charge is 0.487 e. The SMILES string of the molecule is Cc1cc(CNCC2(CO)CC2)cc(C)c1OCc1ccccn1. The minimum absolute atomic E-state index is 0.149. The van der Waals surface area contributed by atoms with Crippen molar-refractivity contribution >= 4 is 0 Å². The fraction of sp³-hybridized carbons (Fsp3) is 0.450. The molecule has 24 heavy (non-hydrogen) atoms. The predicted octanol–water partition coefficient (Wildman–Crippen LogP) is 3.14. The van der Waals surface area contributed by atoms with Gasteiger partial charge in [-0.2, -0.15) is 0 Å². The van der Waals surface area contributed by atoms with Gasteiger partial charge in [-0.05, 0) is 55.5 Å². The Kier molecular flexibility index (Phi) is 5.17. The van der Waals surface area contributed by atoms with Gasteiger partial charge in [0.05, 0.1) is 5.69 Å². The number of benzene rings is 1. The van der Waals surface area contributed by atoms with Crippen LogP contribution in [-0.4, -0.2) is 23.2 Å². The number of hydrogen-bond donors (Lipinski definition) is 2. The molecule has 1 aliphatic rings. The Morgan fingerprint density at radius 1 is 1.21 bits per heavy atom. The fourth-order valence-corrected chi connectivity index (χ4v) is 3.04. The van der Waals surface area contributed by atoms with Crippen LogP contribution in [0.1, 0.15) is 35.2 Å². The maximum Gasteiger partial charge on any atom is 0.130 e. The Bertz CT molecular complexity index is 658. The van der Waals surface area contributed by atoms with Crippen LogP contribution < -0.4 is 10.1 Å². The molecule has 0 atom stereocenters. The molecule has 128 valence electrons. The third kappa shape index (κ3) is 4.13. The molecular weight excluding hydrogens is 300 g/mol. The van der Waals surface area contributed by atoms with E-state index in [0.29, 0.717) is 13.2 Å². The monoisotopic (exact) mass is 326 g/mol. The highest BCUT2D eigenvalue weighted by atomic mass is 16.5. The maximum atomic E-state index is 9.37. The molecule has 0 spiro atoms. The lowest BCUT2D eigenvalue weighted by Crippen LogP contribution is -2.26. The lowest BCUT2D eigenvalue weighted by atomic mass is 10.0. The summed E-state index contributed by atoms with van der Waals surface area (Å²) in [7, 11) is 0. The number of aromatic nitrogens is 1. The van der Waals surface area contributed by atoms with Gasteiger partial charge in [-0.3, -0.25) is 4.98 Å². The van der Waals surface area contributed by atoms with E-state index >= 15 is 0 Å². The van der Waals surface area contributed by atoms with E-state index in [1.165, 1.54) is 5.56 Å². The first-order chi connectivity index (χ1) is 11.6. The van der Waals surface area contributed by atoms with Crippen LogP contribution in [0.25, 0.3) is 0 Å². The van der Waals surface area contributed by atoms with Crippen LogP contribution in [0, 0.1) is 19.3 Å². The molecule has 2 N–H and O–H groups in total. The second-order valence-corrected chi connectivity index (χ2v) is 6.93. The van der Waals surface area contributed by atoms with Crippen LogP contribution in [0.15, 0.2) is 36.5 Å². The summed E-state index contributed by atoms with van der Waals surface area (Å²) in [5.41, 5.74) is 4.62. The number of aliphatic hydroxyl groups is 1. The van der Waals surface area contributed by atoms with Gasteiger partial charge in [0.25, 0.3) is 0 Å². The number of hydrogen-bond acceptors (Lipinski definition) is 4. The zero-order valence-corrected chi connectivity index (χ0v) is 14.5. The number of aliphatic hydroxyl groups excluding tert-OH is 1. The quantitative estimate of drug-likeness (QED) is 0.782. The lowest BCUT2D eigenvalue weighted by Gasteiger charge is -2.16. The average Bonchev–Trinajstić information content (AvgIpc) is 3.35. The van der Waals surface area contributed by atoms with Crippen LogP contribution in [0.3, 0.4) is 0 Å². The molecule has 2 aromatic rings. The summed E-state index contributed by atoms with van der Waals surface area (Å²) in [6, 6.07) is 10.2. The first kappa shape index (κ1) is 16.9. The standard InChI is InChI=1S/C20H26N2O2/c1-15-9-17(11-21-13-20(14-23)6-7-20)10-16(2)19(15)24-12-18-5-3-4-8-22-18/h3-5,8-10,21,23H,6-7,11-14H2,1-2H3. The van der Waals surface area contributed by atoms with Crippen molar-refractivity contribution in [3.8, 4) is 5.75 Å². The van der Waals surface area contributed by atoms with Crippen LogP contribution in [0.4, 0.5) is 0 Å².